The summed E-state index contributed by atoms with van der Waals surface area (Å²) in [4.78, 5) is 96.4. The summed E-state index contributed by atoms with van der Waals surface area (Å²) in [5.41, 5.74) is 6.45. The van der Waals surface area contributed by atoms with Crippen molar-refractivity contribution in [3.63, 3.8) is 0 Å². The van der Waals surface area contributed by atoms with Crippen LogP contribution >= 0.6 is 35.2 Å². The normalized spacial score (nSPS) is 20.7. The van der Waals surface area contributed by atoms with Gasteiger partial charge in [0.2, 0.25) is 11.8 Å². The molecule has 5 rings (SSSR count). The number of Topliss-reactive ketones (excluding diaryl/α,β-unsaturated/α-hetero) is 1. The molecule has 0 bridgehead atoms. The zero-order chi connectivity index (χ0) is 48.5. The van der Waals surface area contributed by atoms with Gasteiger partial charge in [-0.3, -0.25) is 28.0 Å². The van der Waals surface area contributed by atoms with Crippen molar-refractivity contribution in [1.29, 1.82) is 0 Å². The van der Waals surface area contributed by atoms with E-state index in [1.165, 1.54) is 19.4 Å². The van der Waals surface area contributed by atoms with Crippen LogP contribution in [-0.4, -0.2) is 124 Å². The number of fused-ring (bicyclic) bond motifs is 2. The van der Waals surface area contributed by atoms with E-state index in [1.807, 2.05) is 31.3 Å². The molecule has 1 aromatic carbocycles. The zero-order valence-corrected chi connectivity index (χ0v) is 39.5. The number of carbonyl (C=O) groups is 3. The number of phosphoric ester groups is 3. The number of ether oxygens (including phenoxy) is 1. The van der Waals surface area contributed by atoms with E-state index in [-0.39, 0.29) is 47.6 Å². The fraction of sp³-hybridized carbons (Fsp3) is 0.568. The van der Waals surface area contributed by atoms with Gasteiger partial charge < -0.3 is 65.0 Å². The summed E-state index contributed by atoms with van der Waals surface area (Å²) in [7, 11) is -17.0. The van der Waals surface area contributed by atoms with Crippen molar-refractivity contribution in [3.05, 3.63) is 48.7 Å². The van der Waals surface area contributed by atoms with Crippen molar-refractivity contribution < 1.29 is 80.5 Å². The number of phosphoric acid groups is 3. The molecular formula is C37H53N8O17P3S-2. The van der Waals surface area contributed by atoms with Crippen LogP contribution in [0.4, 0.5) is 5.82 Å². The van der Waals surface area contributed by atoms with Gasteiger partial charge in [-0.2, -0.15) is 16.1 Å². The number of anilines is 1. The second-order valence-corrected chi connectivity index (χ2v) is 21.2. The van der Waals surface area contributed by atoms with Crippen LogP contribution in [0.5, 0.6) is 0 Å². The number of imidazole rings is 1. The summed E-state index contributed by atoms with van der Waals surface area (Å²) in [6.45, 7) is 2.54. The van der Waals surface area contributed by atoms with Crippen LogP contribution in [0.2, 0.25) is 0 Å². The number of benzene rings is 1. The number of carbonyl (C=O) groups excluding carboxylic acids is 3. The molecule has 1 saturated heterocycles. The van der Waals surface area contributed by atoms with E-state index in [4.69, 9.17) is 19.5 Å². The highest BCUT2D eigenvalue weighted by Gasteiger charge is 2.48. The Morgan fingerprint density at radius 1 is 1.06 bits per heavy atom. The van der Waals surface area contributed by atoms with E-state index in [0.29, 0.717) is 30.9 Å². The Labute approximate surface area is 382 Å². The van der Waals surface area contributed by atoms with Crippen LogP contribution in [0, 0.1) is 11.3 Å². The van der Waals surface area contributed by atoms with Gasteiger partial charge in [-0.1, -0.05) is 39.0 Å². The van der Waals surface area contributed by atoms with Gasteiger partial charge >= 0.3 is 15.6 Å². The minimum atomic E-state index is -5.83. The molecule has 9 N–H and O–H groups in total. The minimum Gasteiger partial charge on any atom is -0.790 e. The summed E-state index contributed by atoms with van der Waals surface area (Å²) >= 11 is 1.55. The first-order chi connectivity index (χ1) is 31.0. The molecule has 0 aliphatic carbocycles. The molecule has 4 aromatic rings. The lowest BCUT2D eigenvalue weighted by Gasteiger charge is -2.34. The first-order valence-electron chi connectivity index (χ1n) is 20.5. The second-order valence-electron chi connectivity index (χ2n) is 15.9. The van der Waals surface area contributed by atoms with E-state index >= 15 is 0 Å². The number of aromatic amines is 1. The molecule has 3 aromatic heterocycles. The Morgan fingerprint density at radius 2 is 1.79 bits per heavy atom. The third kappa shape index (κ3) is 14.9. The number of amides is 2. The minimum absolute atomic E-state index is 0.000348. The summed E-state index contributed by atoms with van der Waals surface area (Å²) in [6, 6.07) is 8.03. The number of aliphatic hydroxyl groups is 2. The lowest BCUT2D eigenvalue weighted by Crippen LogP contribution is -2.46. The smallest absolute Gasteiger partial charge is 0.481 e. The fourth-order valence-electron chi connectivity index (χ4n) is 6.85. The molecule has 8 unspecified atom stereocenters. The molecule has 25 nitrogen and oxygen atoms in total. The van der Waals surface area contributed by atoms with E-state index in [2.05, 4.69) is 45.5 Å². The summed E-state index contributed by atoms with van der Waals surface area (Å²) in [5.74, 6) is -0.122. The second kappa shape index (κ2) is 23.1. The van der Waals surface area contributed by atoms with Gasteiger partial charge in [0.1, 0.15) is 42.0 Å². The molecule has 366 valence electrons. The summed E-state index contributed by atoms with van der Waals surface area (Å²) in [6.07, 6.45) is -2.56. The highest BCUT2D eigenvalue weighted by Crippen LogP contribution is 2.61. The number of H-pyrrole nitrogens is 1. The molecule has 4 heterocycles. The van der Waals surface area contributed by atoms with Crippen molar-refractivity contribution in [2.45, 2.75) is 83.5 Å². The molecule has 1 aliphatic heterocycles. The van der Waals surface area contributed by atoms with Gasteiger partial charge in [-0.15, -0.1) is 0 Å². The number of nitrogens with one attached hydrogen (secondary N) is 3. The maximum atomic E-state index is 12.9. The van der Waals surface area contributed by atoms with Crippen molar-refractivity contribution in [1.82, 2.24) is 35.1 Å². The van der Waals surface area contributed by atoms with Gasteiger partial charge in [-0.25, -0.2) is 24.1 Å². The first-order valence-corrected chi connectivity index (χ1v) is 26.1. The molecule has 8 atom stereocenters. The molecule has 1 fully saturated rings. The largest absolute Gasteiger partial charge is 0.790 e. The average Bonchev–Trinajstić information content (AvgIpc) is 3.95. The first kappa shape index (κ1) is 53.3. The lowest BCUT2D eigenvalue weighted by molar-refractivity contribution is -0.347. The molecule has 0 saturated carbocycles. The SMILES string of the molecule is CCC(CSCCNC(=O)CCNC(=O)C(O)C(C)(C)COP(=O)(O)OP(=O)(O)OCC1OC(n2cnc3c(N)ncnc32)C(O)C1OP(=O)([O-])[O-])C(=O)CCCc1c[nH]c2ccccc12. The quantitative estimate of drug-likeness (QED) is 0.0305. The third-order valence-corrected chi connectivity index (χ3v) is 14.7. The highest BCUT2D eigenvalue weighted by atomic mass is 32.2. The van der Waals surface area contributed by atoms with Crippen LogP contribution in [0.15, 0.2) is 43.1 Å². The predicted molar refractivity (Wildman–Crippen MR) is 233 cm³/mol. The Balaban J connectivity index is 0.988. The van der Waals surface area contributed by atoms with Gasteiger partial charge in [0.25, 0.3) is 0 Å². The maximum Gasteiger partial charge on any atom is 0.481 e. The summed E-state index contributed by atoms with van der Waals surface area (Å²) < 4.78 is 61.8. The Kier molecular flexibility index (Phi) is 18.6. The number of thioether (sulfide) groups is 1. The zero-order valence-electron chi connectivity index (χ0n) is 36.0. The van der Waals surface area contributed by atoms with E-state index < -0.39 is 78.6 Å². The Bertz CT molecular complexity index is 2450. The highest BCUT2D eigenvalue weighted by molar-refractivity contribution is 7.99. The number of aliphatic hydroxyl groups excluding tert-OH is 2. The average molecular weight is 1010 g/mol. The van der Waals surface area contributed by atoms with Crippen molar-refractivity contribution in [2.24, 2.45) is 11.3 Å². The van der Waals surface area contributed by atoms with E-state index in [1.54, 1.807) is 11.8 Å². The van der Waals surface area contributed by atoms with Gasteiger partial charge in [-0.05, 0) is 30.9 Å². The van der Waals surface area contributed by atoms with Gasteiger partial charge in [0.05, 0.1) is 27.4 Å². The summed E-state index contributed by atoms with van der Waals surface area (Å²) in [5, 5.41) is 27.8. The molecule has 66 heavy (non-hydrogen) atoms. The van der Waals surface area contributed by atoms with Crippen molar-refractivity contribution in [3.8, 4) is 0 Å². The number of rotatable bonds is 27. The van der Waals surface area contributed by atoms with E-state index in [9.17, 15) is 57.9 Å². The third-order valence-electron chi connectivity index (χ3n) is 10.4. The number of nitrogens with two attached hydrogens (primary N) is 1. The number of nitrogens with zero attached hydrogens (tertiary/aromatic N) is 4. The number of ketones is 1. The number of aromatic nitrogens is 5. The molecule has 0 spiro atoms. The van der Waals surface area contributed by atoms with Crippen LogP contribution in [0.25, 0.3) is 22.1 Å². The van der Waals surface area contributed by atoms with Gasteiger partial charge in [0.15, 0.2) is 17.7 Å². The van der Waals surface area contributed by atoms with Crippen molar-refractivity contribution >= 4 is 80.7 Å². The number of nitrogen functional groups attached to an aromatic ring is 1. The van der Waals surface area contributed by atoms with E-state index in [0.717, 1.165) is 41.0 Å². The maximum absolute atomic E-state index is 12.9. The van der Waals surface area contributed by atoms with Crippen LogP contribution < -0.4 is 26.2 Å². The molecule has 1 aliphatic rings. The number of hydrogen-bond acceptors (Lipinski definition) is 20. The Hall–Kier alpha value is -3.68. The molecule has 2 amide bonds. The molecular weight excluding hydrogens is 953 g/mol. The monoisotopic (exact) mass is 1010 g/mol. The van der Waals surface area contributed by atoms with Gasteiger partial charge in [0, 0.05) is 65.9 Å². The van der Waals surface area contributed by atoms with Crippen molar-refractivity contribution in [2.75, 3.05) is 43.5 Å². The standard InChI is InChI=1S/C37H55N8O17P3S/c1-4-22(26(46)11-7-8-23-16-41-25-10-6-5-9-24(23)25)18-66-15-14-39-28(47)12-13-40-35(50)32(49)37(2,3)19-59-65(56,57)62-64(54,55)58-17-27-31(61-63(51,52)53)30(48)36(60-27)45-21-44-29-33(38)42-20-43-34(29)45/h5-6,9-10,16,20-22,27,30-32,36,41,48-49H,4,7-8,11-15,17-19H2,1-3H3,(H,39,47)(H,40,50)(H,54,55)(H,56,57)(H2,38,42,43)(H2,51,52,53)/p-2. The number of para-hydroxylation sites is 1. The predicted octanol–water partition coefficient (Wildman–Crippen LogP) is 0.974. The number of hydrogen-bond donors (Lipinski definition) is 8. The Morgan fingerprint density at radius 3 is 2.52 bits per heavy atom. The molecule has 29 heteroatoms. The van der Waals surface area contributed by atoms with Crippen LogP contribution in [0.1, 0.15) is 58.2 Å². The topological polar surface area (TPSA) is 385 Å². The molecule has 0 radical (unpaired) electrons. The lowest BCUT2D eigenvalue weighted by atomic mass is 9.87. The number of aryl methyl sites for hydroxylation is 1. The van der Waals surface area contributed by atoms with Crippen LogP contribution in [0.3, 0.4) is 0 Å². The van der Waals surface area contributed by atoms with Crippen LogP contribution in [-0.2, 0) is 57.1 Å². The fourth-order valence-corrected chi connectivity index (χ4v) is 10.8.